The quantitative estimate of drug-likeness (QED) is 0.0607. The summed E-state index contributed by atoms with van der Waals surface area (Å²) >= 11 is 7.69. The molecular formula is C53H57ClF3N5O7S3. The van der Waals surface area contributed by atoms with Crippen LogP contribution >= 0.6 is 23.4 Å². The summed E-state index contributed by atoms with van der Waals surface area (Å²) < 4.78 is 101. The molecule has 0 spiro atoms. The number of aliphatic hydroxyl groups excluding tert-OH is 1. The number of halogens is 4. The van der Waals surface area contributed by atoms with Crippen molar-refractivity contribution in [3.8, 4) is 22.4 Å². The van der Waals surface area contributed by atoms with Crippen molar-refractivity contribution in [2.45, 2.75) is 91.3 Å². The number of thioether (sulfide) groups is 1. The van der Waals surface area contributed by atoms with Crippen LogP contribution in [0.2, 0.25) is 5.02 Å². The van der Waals surface area contributed by atoms with E-state index >= 15 is 0 Å². The summed E-state index contributed by atoms with van der Waals surface area (Å²) in [4.78, 5) is 16.2. The van der Waals surface area contributed by atoms with Crippen molar-refractivity contribution < 1.29 is 45.0 Å². The van der Waals surface area contributed by atoms with Gasteiger partial charge in [-0.15, -0.1) is 11.8 Å². The number of nitrogens with zero attached hydrogens (tertiary/aromatic N) is 3. The molecule has 1 atom stereocenters. The van der Waals surface area contributed by atoms with Crippen LogP contribution in [0.25, 0.3) is 22.4 Å². The highest BCUT2D eigenvalue weighted by atomic mass is 35.5. The summed E-state index contributed by atoms with van der Waals surface area (Å²) in [6.07, 6.45) is 3.83. The van der Waals surface area contributed by atoms with E-state index in [1.165, 1.54) is 23.9 Å². The maximum Gasteiger partial charge on any atom is 0.501 e. The number of aromatic carboxylic acids is 1. The summed E-state index contributed by atoms with van der Waals surface area (Å²) in [5.74, 6) is -0.322. The average Bonchev–Trinajstić information content (AvgIpc) is 3.67. The van der Waals surface area contributed by atoms with Gasteiger partial charge in [-0.1, -0.05) is 54.1 Å². The fourth-order valence-electron chi connectivity index (χ4n) is 9.76. The Morgan fingerprint density at radius 3 is 2.08 bits per heavy atom. The first kappa shape index (κ1) is 52.7. The molecule has 1 aliphatic carbocycles. The number of hydrogen-bond donors (Lipinski definition) is 4. The zero-order valence-electron chi connectivity index (χ0n) is 39.8. The third-order valence-electron chi connectivity index (χ3n) is 13.6. The molecule has 4 N–H and O–H groups in total. The Balaban J connectivity index is 0.964. The second-order valence-electron chi connectivity index (χ2n) is 18.2. The van der Waals surface area contributed by atoms with Crippen molar-refractivity contribution in [2.75, 3.05) is 51.8 Å². The van der Waals surface area contributed by atoms with Crippen LogP contribution < -0.4 is 19.8 Å². The van der Waals surface area contributed by atoms with Crippen LogP contribution in [0.15, 0.2) is 136 Å². The lowest BCUT2D eigenvalue weighted by Crippen LogP contribution is -2.46. The van der Waals surface area contributed by atoms with E-state index < -0.39 is 47.2 Å². The first-order chi connectivity index (χ1) is 34.3. The van der Waals surface area contributed by atoms with Crippen molar-refractivity contribution >= 4 is 71.9 Å². The van der Waals surface area contributed by atoms with Gasteiger partial charge in [-0.3, -0.25) is 4.72 Å². The van der Waals surface area contributed by atoms with E-state index in [-0.39, 0.29) is 23.0 Å². The first-order valence-electron chi connectivity index (χ1n) is 23.9. The van der Waals surface area contributed by atoms with E-state index in [4.69, 9.17) is 11.6 Å². The minimum Gasteiger partial charge on any atom is -0.478 e. The maximum atomic E-state index is 14.3. The van der Waals surface area contributed by atoms with Gasteiger partial charge >= 0.3 is 11.5 Å². The van der Waals surface area contributed by atoms with Crippen LogP contribution in [0.1, 0.15) is 61.5 Å². The van der Waals surface area contributed by atoms with E-state index in [9.17, 15) is 45.0 Å². The second-order valence-corrected chi connectivity index (χ2v) is 23.4. The minimum atomic E-state index is -6.02. The predicted molar refractivity (Wildman–Crippen MR) is 281 cm³/mol. The average molecular weight is 1060 g/mol. The standard InChI is InChI=1S/C53H57ClF3N5O7S3/c1-3-62-35(2)49(52(64)65)50(51(62)37-15-17-39(54)18-16-37)38-8-7-9-43(32-38)61-30-28-60(29-31-61)42-22-20-40(21-23-42)59-72(68,69)46-26-27-47(48(33-46)71(66,67)53(55,56)57)58-41(34-70-45-10-5-4-6-11-45)19-12-36-13-24-44(63)25-14-36/h4-11,15-18,20-23,26-27,32-33,36,41,44,58-59,63H,3,12-14,19,24-25,28-31,34H2,1-2H3,(H,64,65)/t36?,41-,44?/m1/s1. The molecule has 0 bridgehead atoms. The number of nitrogens with one attached hydrogen (secondary N) is 2. The van der Waals surface area contributed by atoms with Gasteiger partial charge in [-0.25, -0.2) is 21.6 Å². The van der Waals surface area contributed by atoms with Gasteiger partial charge < -0.3 is 29.9 Å². The third-order valence-corrected chi connectivity index (χ3v) is 17.9. The molecular weight excluding hydrogens is 1010 g/mol. The number of aromatic nitrogens is 1. The fourth-order valence-corrected chi connectivity index (χ4v) is 13.0. The molecule has 12 nitrogen and oxygen atoms in total. The van der Waals surface area contributed by atoms with Crippen LogP contribution in [0, 0.1) is 12.8 Å². The summed E-state index contributed by atoms with van der Waals surface area (Å²) in [6.45, 7) is 6.81. The fraction of sp³-hybridized carbons (Fsp3) is 0.340. The van der Waals surface area contributed by atoms with Gasteiger partial charge in [0.05, 0.1) is 27.9 Å². The van der Waals surface area contributed by atoms with Crippen molar-refractivity contribution in [2.24, 2.45) is 5.92 Å². The summed E-state index contributed by atoms with van der Waals surface area (Å²) in [5, 5.41) is 24.1. The summed E-state index contributed by atoms with van der Waals surface area (Å²) in [5.41, 5.74) is -0.291. The van der Waals surface area contributed by atoms with Gasteiger partial charge in [0.15, 0.2) is 0 Å². The number of sulfonamides is 1. The lowest BCUT2D eigenvalue weighted by atomic mass is 9.84. The highest BCUT2D eigenvalue weighted by Crippen LogP contribution is 2.42. The molecule has 1 saturated heterocycles. The molecule has 6 aromatic rings. The largest absolute Gasteiger partial charge is 0.501 e. The van der Waals surface area contributed by atoms with Crippen molar-refractivity contribution in [3.05, 3.63) is 138 Å². The van der Waals surface area contributed by atoms with Crippen LogP contribution in [-0.2, 0) is 26.4 Å². The number of carbonyl (C=O) groups is 1. The monoisotopic (exact) mass is 1060 g/mol. The number of rotatable bonds is 18. The maximum absolute atomic E-state index is 14.3. The van der Waals surface area contributed by atoms with E-state index in [1.54, 1.807) is 24.3 Å². The van der Waals surface area contributed by atoms with Gasteiger partial charge in [-0.05, 0) is 148 Å². The summed E-state index contributed by atoms with van der Waals surface area (Å²) in [7, 11) is -10.6. The molecule has 2 heterocycles. The van der Waals surface area contributed by atoms with E-state index in [1.807, 2.05) is 85.1 Å². The molecule has 382 valence electrons. The van der Waals surface area contributed by atoms with E-state index in [0.29, 0.717) is 92.4 Å². The number of benzene rings is 5. The molecule has 0 unspecified atom stereocenters. The molecule has 8 rings (SSSR count). The van der Waals surface area contributed by atoms with E-state index in [0.717, 1.165) is 58.1 Å². The number of sulfone groups is 1. The Labute approximate surface area is 428 Å². The highest BCUT2D eigenvalue weighted by Gasteiger charge is 2.48. The van der Waals surface area contributed by atoms with Crippen LogP contribution in [0.4, 0.5) is 35.9 Å². The minimum absolute atomic E-state index is 0.121. The zero-order valence-corrected chi connectivity index (χ0v) is 43.0. The van der Waals surface area contributed by atoms with E-state index in [2.05, 4.69) is 19.8 Å². The number of piperazine rings is 1. The van der Waals surface area contributed by atoms with Gasteiger partial charge in [0.25, 0.3) is 19.9 Å². The lowest BCUT2D eigenvalue weighted by Gasteiger charge is -2.37. The molecule has 5 aromatic carbocycles. The van der Waals surface area contributed by atoms with Crippen molar-refractivity contribution in [1.29, 1.82) is 0 Å². The van der Waals surface area contributed by atoms with Gasteiger partial charge in [-0.2, -0.15) is 13.2 Å². The Morgan fingerprint density at radius 1 is 0.806 bits per heavy atom. The van der Waals surface area contributed by atoms with Crippen LogP contribution in [-0.4, -0.2) is 87.2 Å². The van der Waals surface area contributed by atoms with Crippen LogP contribution in [0.3, 0.4) is 0 Å². The molecule has 2 aliphatic rings. The highest BCUT2D eigenvalue weighted by molar-refractivity contribution is 7.99. The predicted octanol–water partition coefficient (Wildman–Crippen LogP) is 11.8. The Hall–Kier alpha value is -5.66. The Morgan fingerprint density at radius 2 is 1.46 bits per heavy atom. The van der Waals surface area contributed by atoms with Gasteiger partial charge in [0.2, 0.25) is 0 Å². The number of carboxylic acid groups (broad SMARTS) is 1. The van der Waals surface area contributed by atoms with Crippen molar-refractivity contribution in [3.63, 3.8) is 0 Å². The number of anilines is 4. The number of carboxylic acids is 1. The SMILES string of the molecule is CCn1c(C)c(C(=O)O)c(-c2cccc(N3CCN(c4ccc(NS(=O)(=O)c5ccc(N[C@H](CCC6CCC(O)CC6)CSc6ccccc6)c(S(=O)(=O)C(F)(F)F)c5)cc4)CC3)c2)c1-c1ccc(Cl)cc1. The zero-order chi connectivity index (χ0) is 51.4. The number of aliphatic hydroxyl groups is 1. The third kappa shape index (κ3) is 11.9. The molecule has 1 aromatic heterocycles. The van der Waals surface area contributed by atoms with Gasteiger partial charge in [0, 0.05) is 82.8 Å². The number of alkyl halides is 3. The van der Waals surface area contributed by atoms with Gasteiger partial charge in [0.1, 0.15) is 4.90 Å². The topological polar surface area (TPSA) is 161 Å². The first-order valence-corrected chi connectivity index (χ1v) is 28.2. The Bertz CT molecular complexity index is 3090. The van der Waals surface area contributed by atoms with Crippen LogP contribution in [0.5, 0.6) is 0 Å². The summed E-state index contributed by atoms with van der Waals surface area (Å²) in [6, 6.07) is 33.4. The molecule has 19 heteroatoms. The second kappa shape index (κ2) is 22.2. The normalized spacial score (nSPS) is 17.2. The lowest BCUT2D eigenvalue weighted by molar-refractivity contribution is -0.0436. The Kier molecular flexibility index (Phi) is 16.2. The smallest absolute Gasteiger partial charge is 0.478 e. The molecule has 0 amide bonds. The molecule has 2 fully saturated rings. The van der Waals surface area contributed by atoms with Crippen molar-refractivity contribution in [1.82, 2.24) is 4.57 Å². The molecule has 0 radical (unpaired) electrons. The number of hydrogen-bond acceptors (Lipinski definition) is 10. The molecule has 1 aliphatic heterocycles. The molecule has 1 saturated carbocycles. The molecule has 72 heavy (non-hydrogen) atoms.